The maximum Gasteiger partial charge on any atom is 0.270 e. The number of carbonyl (C=O) groups is 2. The Kier molecular flexibility index (Phi) is 6.16. The SMILES string of the molecule is CCc1ccccc1-n1c(C)cc(/C=C2\C(=O)NC(=S)N(c3ccccc3OC)C2=O)c1C. The van der Waals surface area contributed by atoms with Crippen molar-refractivity contribution in [2.24, 2.45) is 0 Å². The van der Waals surface area contributed by atoms with Gasteiger partial charge in [0, 0.05) is 17.1 Å². The van der Waals surface area contributed by atoms with Gasteiger partial charge in [-0.25, -0.2) is 4.90 Å². The number of carbonyl (C=O) groups excluding carboxylic acids is 2. The molecule has 0 unspecified atom stereocenters. The van der Waals surface area contributed by atoms with Gasteiger partial charge in [-0.3, -0.25) is 14.9 Å². The van der Waals surface area contributed by atoms with Crippen LogP contribution >= 0.6 is 12.2 Å². The quantitative estimate of drug-likeness (QED) is 0.347. The number of para-hydroxylation sites is 3. The van der Waals surface area contributed by atoms with Crippen LogP contribution in [0, 0.1) is 13.8 Å². The zero-order chi connectivity index (χ0) is 23.7. The lowest BCUT2D eigenvalue weighted by Gasteiger charge is -2.29. The van der Waals surface area contributed by atoms with Gasteiger partial charge in [-0.15, -0.1) is 0 Å². The van der Waals surface area contributed by atoms with Crippen LogP contribution in [-0.4, -0.2) is 28.6 Å². The van der Waals surface area contributed by atoms with Crippen molar-refractivity contribution in [3.05, 3.63) is 82.7 Å². The van der Waals surface area contributed by atoms with Crippen LogP contribution in [0.25, 0.3) is 11.8 Å². The Balaban J connectivity index is 1.80. The number of nitrogens with one attached hydrogen (secondary N) is 1. The normalized spacial score (nSPS) is 15.2. The molecule has 7 heteroatoms. The zero-order valence-electron chi connectivity index (χ0n) is 19.0. The number of aromatic nitrogens is 1. The molecule has 0 spiro atoms. The van der Waals surface area contributed by atoms with Gasteiger partial charge in [0.15, 0.2) is 5.11 Å². The summed E-state index contributed by atoms with van der Waals surface area (Å²) in [6, 6.07) is 17.3. The van der Waals surface area contributed by atoms with Crippen LogP contribution in [0.5, 0.6) is 5.75 Å². The third-order valence-electron chi connectivity index (χ3n) is 5.81. The highest BCUT2D eigenvalue weighted by Gasteiger charge is 2.36. The minimum atomic E-state index is -0.519. The second-order valence-corrected chi connectivity index (χ2v) is 8.16. The van der Waals surface area contributed by atoms with Gasteiger partial charge < -0.3 is 9.30 Å². The highest BCUT2D eigenvalue weighted by molar-refractivity contribution is 7.80. The maximum atomic E-state index is 13.4. The Morgan fingerprint density at radius 2 is 1.70 bits per heavy atom. The third kappa shape index (κ3) is 3.96. The van der Waals surface area contributed by atoms with Gasteiger partial charge in [0.2, 0.25) is 0 Å². The van der Waals surface area contributed by atoms with Crippen LogP contribution in [-0.2, 0) is 16.0 Å². The Morgan fingerprint density at radius 1 is 1.03 bits per heavy atom. The molecule has 2 heterocycles. The lowest BCUT2D eigenvalue weighted by atomic mass is 10.1. The van der Waals surface area contributed by atoms with Gasteiger partial charge >= 0.3 is 0 Å². The fourth-order valence-corrected chi connectivity index (χ4v) is 4.45. The van der Waals surface area contributed by atoms with Crippen LogP contribution in [0.2, 0.25) is 0 Å². The molecule has 0 aliphatic carbocycles. The Bertz CT molecular complexity index is 1310. The average Bonchev–Trinajstić information content (AvgIpc) is 3.09. The van der Waals surface area contributed by atoms with Crippen LogP contribution in [0.4, 0.5) is 5.69 Å². The predicted octanol–water partition coefficient (Wildman–Crippen LogP) is 4.50. The van der Waals surface area contributed by atoms with E-state index >= 15 is 0 Å². The molecule has 0 saturated carbocycles. The van der Waals surface area contributed by atoms with Crippen LogP contribution in [0.1, 0.15) is 29.4 Å². The first-order chi connectivity index (χ1) is 15.9. The molecule has 1 aliphatic heterocycles. The molecule has 0 bridgehead atoms. The first-order valence-electron chi connectivity index (χ1n) is 10.7. The van der Waals surface area contributed by atoms with Crippen LogP contribution in [0.15, 0.2) is 60.2 Å². The predicted molar refractivity (Wildman–Crippen MR) is 134 cm³/mol. The van der Waals surface area contributed by atoms with E-state index in [1.165, 1.54) is 17.6 Å². The number of aryl methyl sites for hydroxylation is 2. The maximum absolute atomic E-state index is 13.4. The summed E-state index contributed by atoms with van der Waals surface area (Å²) in [5.41, 5.74) is 5.56. The molecule has 2 aromatic carbocycles. The number of rotatable bonds is 5. The second-order valence-electron chi connectivity index (χ2n) is 7.77. The summed E-state index contributed by atoms with van der Waals surface area (Å²) in [7, 11) is 1.52. The third-order valence-corrected chi connectivity index (χ3v) is 6.10. The molecule has 33 heavy (non-hydrogen) atoms. The van der Waals surface area contributed by atoms with Gasteiger partial charge in [0.1, 0.15) is 11.3 Å². The summed E-state index contributed by atoms with van der Waals surface area (Å²) in [6.45, 7) is 6.12. The average molecular weight is 460 g/mol. The van der Waals surface area contributed by atoms with Crippen molar-refractivity contribution < 1.29 is 14.3 Å². The lowest BCUT2D eigenvalue weighted by molar-refractivity contribution is -0.122. The van der Waals surface area contributed by atoms with E-state index < -0.39 is 11.8 Å². The smallest absolute Gasteiger partial charge is 0.270 e. The van der Waals surface area contributed by atoms with Crippen molar-refractivity contribution in [3.8, 4) is 11.4 Å². The molecule has 0 radical (unpaired) electrons. The molecule has 0 atom stereocenters. The molecule has 2 amide bonds. The summed E-state index contributed by atoms with van der Waals surface area (Å²) in [4.78, 5) is 27.5. The molecule has 1 aliphatic rings. The Hall–Kier alpha value is -3.71. The zero-order valence-corrected chi connectivity index (χ0v) is 19.8. The number of benzene rings is 2. The minimum absolute atomic E-state index is 0.0125. The molecule has 6 nitrogen and oxygen atoms in total. The van der Waals surface area contributed by atoms with E-state index in [-0.39, 0.29) is 10.7 Å². The summed E-state index contributed by atoms with van der Waals surface area (Å²) < 4.78 is 7.55. The monoisotopic (exact) mass is 459 g/mol. The standard InChI is InChI=1S/C26H25N3O3S/c1-5-18-10-6-7-11-21(18)28-16(2)14-19(17(28)3)15-20-24(30)27-26(33)29(25(20)31)22-12-8-9-13-23(22)32-4/h6-15H,5H2,1-4H3,(H,27,30,33)/b20-15+. The topological polar surface area (TPSA) is 63.6 Å². The van der Waals surface area contributed by atoms with E-state index in [0.29, 0.717) is 11.4 Å². The highest BCUT2D eigenvalue weighted by atomic mass is 32.1. The number of amides is 2. The van der Waals surface area contributed by atoms with E-state index in [0.717, 1.165) is 29.1 Å². The van der Waals surface area contributed by atoms with Crippen molar-refractivity contribution in [1.29, 1.82) is 0 Å². The molecule has 4 rings (SSSR count). The van der Waals surface area contributed by atoms with E-state index in [1.54, 1.807) is 30.3 Å². The van der Waals surface area contributed by atoms with Crippen molar-refractivity contribution in [3.63, 3.8) is 0 Å². The van der Waals surface area contributed by atoms with Gasteiger partial charge in [-0.05, 0) is 74.0 Å². The van der Waals surface area contributed by atoms with Gasteiger partial charge in [-0.2, -0.15) is 0 Å². The summed E-state index contributed by atoms with van der Waals surface area (Å²) in [5, 5.41) is 2.66. The summed E-state index contributed by atoms with van der Waals surface area (Å²) in [6.07, 6.45) is 2.53. The lowest BCUT2D eigenvalue weighted by Crippen LogP contribution is -2.54. The number of anilines is 1. The van der Waals surface area contributed by atoms with Crippen LogP contribution < -0.4 is 15.0 Å². The molecule has 1 aromatic heterocycles. The molecular weight excluding hydrogens is 434 g/mol. The highest BCUT2D eigenvalue weighted by Crippen LogP contribution is 2.32. The van der Waals surface area contributed by atoms with Gasteiger partial charge in [-0.1, -0.05) is 37.3 Å². The molecule has 1 saturated heterocycles. The van der Waals surface area contributed by atoms with Crippen molar-refractivity contribution in [2.45, 2.75) is 27.2 Å². The van der Waals surface area contributed by atoms with Gasteiger partial charge in [0.25, 0.3) is 11.8 Å². The van der Waals surface area contributed by atoms with Crippen molar-refractivity contribution in [2.75, 3.05) is 12.0 Å². The van der Waals surface area contributed by atoms with E-state index in [2.05, 4.69) is 28.9 Å². The van der Waals surface area contributed by atoms with Gasteiger partial charge in [0.05, 0.1) is 12.8 Å². The molecule has 1 N–H and O–H groups in total. The number of hydrogen-bond acceptors (Lipinski definition) is 4. The van der Waals surface area contributed by atoms with E-state index in [1.807, 2.05) is 32.0 Å². The number of hydrogen-bond donors (Lipinski definition) is 1. The molecule has 1 fully saturated rings. The molecular formula is C26H25N3O3S. The fraction of sp³-hybridized carbons (Fsp3) is 0.192. The van der Waals surface area contributed by atoms with Crippen LogP contribution in [0.3, 0.4) is 0 Å². The first-order valence-corrected chi connectivity index (χ1v) is 11.1. The number of ether oxygens (including phenoxy) is 1. The Labute approximate surface area is 198 Å². The second kappa shape index (κ2) is 9.03. The minimum Gasteiger partial charge on any atom is -0.495 e. The number of methoxy groups -OCH3 is 1. The fourth-order valence-electron chi connectivity index (χ4n) is 4.18. The van der Waals surface area contributed by atoms with E-state index in [4.69, 9.17) is 17.0 Å². The number of thiocarbonyl (C=S) groups is 1. The largest absolute Gasteiger partial charge is 0.495 e. The number of nitrogens with zero attached hydrogens (tertiary/aromatic N) is 2. The Morgan fingerprint density at radius 3 is 2.39 bits per heavy atom. The first kappa shape index (κ1) is 22.5. The van der Waals surface area contributed by atoms with Crippen molar-refractivity contribution >= 4 is 40.9 Å². The molecule has 168 valence electrons. The summed E-state index contributed by atoms with van der Waals surface area (Å²) >= 11 is 5.32. The van der Waals surface area contributed by atoms with E-state index in [9.17, 15) is 9.59 Å². The molecule has 3 aromatic rings. The summed E-state index contributed by atoms with van der Waals surface area (Å²) in [5.74, 6) is -0.528. The van der Waals surface area contributed by atoms with Crippen molar-refractivity contribution in [1.82, 2.24) is 9.88 Å².